The summed E-state index contributed by atoms with van der Waals surface area (Å²) in [5.41, 5.74) is 4.09. The van der Waals surface area contributed by atoms with E-state index in [0.29, 0.717) is 31.4 Å². The fourth-order valence-corrected chi connectivity index (χ4v) is 6.20. The lowest BCUT2D eigenvalue weighted by Gasteiger charge is -2.22. The minimum absolute atomic E-state index is 0.0591. The van der Waals surface area contributed by atoms with Gasteiger partial charge in [0.15, 0.2) is 0 Å². The number of aromatic nitrogens is 2. The number of rotatable bonds is 5. The molecule has 2 N–H and O–H groups in total. The first-order chi connectivity index (χ1) is 17.8. The molecule has 188 valence electrons. The molecule has 10 heteroatoms. The summed E-state index contributed by atoms with van der Waals surface area (Å²) in [6.07, 6.45) is 0.931. The molecule has 4 aromatic rings. The van der Waals surface area contributed by atoms with Gasteiger partial charge in [0.05, 0.1) is 17.5 Å². The molecule has 0 spiro atoms. The van der Waals surface area contributed by atoms with Crippen molar-refractivity contribution in [3.8, 4) is 0 Å². The van der Waals surface area contributed by atoms with Gasteiger partial charge in [-0.1, -0.05) is 18.2 Å². The number of benzene rings is 2. The molecule has 0 bridgehead atoms. The second-order valence-corrected chi connectivity index (χ2v) is 10.4. The Bertz CT molecular complexity index is 1550. The number of alkyl halides is 3. The Hall–Kier alpha value is -3.79. The quantitative estimate of drug-likeness (QED) is 0.348. The second kappa shape index (κ2) is 9.26. The SMILES string of the molecule is O=C(NCc1cccc(C(F)(F)F)c1)C1CCc2c(sc3ncnc(Nc4ccc5c(c4)C=NC5)c23)C1. The van der Waals surface area contributed by atoms with E-state index in [1.165, 1.54) is 11.6 Å². The molecule has 1 amide bonds. The van der Waals surface area contributed by atoms with E-state index in [2.05, 4.69) is 37.7 Å². The van der Waals surface area contributed by atoms with Crippen LogP contribution in [0.4, 0.5) is 24.7 Å². The average Bonchev–Trinajstić information content (AvgIpc) is 3.51. The Morgan fingerprint density at radius 1 is 1.14 bits per heavy atom. The molecule has 1 unspecified atom stereocenters. The highest BCUT2D eigenvalue weighted by atomic mass is 32.1. The largest absolute Gasteiger partial charge is 0.416 e. The number of fused-ring (bicyclic) bond motifs is 4. The number of carbonyl (C=O) groups is 1. The molecular weight excluding hydrogens is 499 g/mol. The standard InChI is InChI=1S/C27H22F3N5OS/c28-27(29,30)19-3-1-2-15(8-19)11-32-25(36)16-5-7-21-22(10-16)37-26-23(21)24(33-14-34-26)35-20-6-4-17-12-31-13-18(17)9-20/h1-4,6,8-9,13-14,16H,5,7,10-12H2,(H,32,36)(H,33,34,35). The summed E-state index contributed by atoms with van der Waals surface area (Å²) in [4.78, 5) is 28.2. The van der Waals surface area contributed by atoms with Gasteiger partial charge in [-0.3, -0.25) is 9.79 Å². The smallest absolute Gasteiger partial charge is 0.352 e. The fourth-order valence-electron chi connectivity index (χ4n) is 4.94. The molecule has 1 aliphatic carbocycles. The van der Waals surface area contributed by atoms with Gasteiger partial charge in [0.25, 0.3) is 0 Å². The van der Waals surface area contributed by atoms with Crippen molar-refractivity contribution < 1.29 is 18.0 Å². The molecule has 2 aliphatic rings. The van der Waals surface area contributed by atoms with E-state index >= 15 is 0 Å². The van der Waals surface area contributed by atoms with Crippen LogP contribution >= 0.6 is 11.3 Å². The van der Waals surface area contributed by atoms with Gasteiger partial charge in [0, 0.05) is 29.2 Å². The van der Waals surface area contributed by atoms with Crippen LogP contribution < -0.4 is 10.6 Å². The van der Waals surface area contributed by atoms with Crippen LogP contribution in [-0.2, 0) is 36.9 Å². The molecular formula is C27H22F3N5OS. The van der Waals surface area contributed by atoms with Crippen LogP contribution in [0.5, 0.6) is 0 Å². The summed E-state index contributed by atoms with van der Waals surface area (Å²) < 4.78 is 39.0. The molecule has 1 aliphatic heterocycles. The van der Waals surface area contributed by atoms with Crippen molar-refractivity contribution in [1.29, 1.82) is 0 Å². The Balaban J connectivity index is 1.17. The first kappa shape index (κ1) is 23.6. The Labute approximate surface area is 214 Å². The third kappa shape index (κ3) is 4.69. The van der Waals surface area contributed by atoms with Gasteiger partial charge in [-0.25, -0.2) is 9.97 Å². The summed E-state index contributed by atoms with van der Waals surface area (Å²) >= 11 is 1.57. The van der Waals surface area contributed by atoms with Crippen molar-refractivity contribution in [1.82, 2.24) is 15.3 Å². The maximum absolute atomic E-state index is 13.0. The summed E-state index contributed by atoms with van der Waals surface area (Å²) in [6.45, 7) is 0.768. The highest BCUT2D eigenvalue weighted by Gasteiger charge is 2.31. The lowest BCUT2D eigenvalue weighted by molar-refractivity contribution is -0.137. The summed E-state index contributed by atoms with van der Waals surface area (Å²) in [7, 11) is 0. The van der Waals surface area contributed by atoms with Gasteiger partial charge in [0.1, 0.15) is 17.0 Å². The maximum atomic E-state index is 13.0. The zero-order chi connectivity index (χ0) is 25.6. The van der Waals surface area contributed by atoms with Crippen LogP contribution in [0.1, 0.15) is 39.1 Å². The van der Waals surface area contributed by atoms with Gasteiger partial charge in [0.2, 0.25) is 5.91 Å². The first-order valence-electron chi connectivity index (χ1n) is 11.9. The number of thiophene rings is 1. The molecule has 0 saturated carbocycles. The van der Waals surface area contributed by atoms with Crippen molar-refractivity contribution in [3.63, 3.8) is 0 Å². The molecule has 0 saturated heterocycles. The molecule has 2 aromatic carbocycles. The molecule has 3 heterocycles. The molecule has 0 fully saturated rings. The number of aryl methyl sites for hydroxylation is 1. The van der Waals surface area contributed by atoms with E-state index < -0.39 is 11.7 Å². The van der Waals surface area contributed by atoms with E-state index in [0.717, 1.165) is 49.9 Å². The fraction of sp³-hybridized carbons (Fsp3) is 0.259. The Morgan fingerprint density at radius 3 is 2.89 bits per heavy atom. The minimum Gasteiger partial charge on any atom is -0.352 e. The molecule has 0 radical (unpaired) electrons. The predicted molar refractivity (Wildman–Crippen MR) is 137 cm³/mol. The molecule has 2 aromatic heterocycles. The Kier molecular flexibility index (Phi) is 5.91. The maximum Gasteiger partial charge on any atom is 0.416 e. The molecule has 6 nitrogen and oxygen atoms in total. The zero-order valence-electron chi connectivity index (χ0n) is 19.6. The number of nitrogens with zero attached hydrogens (tertiary/aromatic N) is 3. The molecule has 6 rings (SSSR count). The number of amides is 1. The average molecular weight is 522 g/mol. The number of carbonyl (C=O) groups excluding carboxylic acids is 1. The Morgan fingerprint density at radius 2 is 2.03 bits per heavy atom. The number of anilines is 2. The van der Waals surface area contributed by atoms with Crippen molar-refractivity contribution in [3.05, 3.63) is 81.5 Å². The monoisotopic (exact) mass is 521 g/mol. The third-order valence-electron chi connectivity index (χ3n) is 6.84. The van der Waals surface area contributed by atoms with E-state index in [-0.39, 0.29) is 18.4 Å². The van der Waals surface area contributed by atoms with Crippen molar-refractivity contribution >= 4 is 45.2 Å². The van der Waals surface area contributed by atoms with Crippen LogP contribution in [0, 0.1) is 5.92 Å². The number of halogens is 3. The van der Waals surface area contributed by atoms with Crippen LogP contribution in [0.2, 0.25) is 0 Å². The van der Waals surface area contributed by atoms with Gasteiger partial charge in [-0.15, -0.1) is 11.3 Å². The highest BCUT2D eigenvalue weighted by Crippen LogP contribution is 2.40. The normalized spacial score (nSPS) is 16.5. The first-order valence-corrected chi connectivity index (χ1v) is 12.8. The summed E-state index contributed by atoms with van der Waals surface area (Å²) in [6, 6.07) is 11.2. The third-order valence-corrected chi connectivity index (χ3v) is 8.00. The second-order valence-electron chi connectivity index (χ2n) is 9.27. The van der Waals surface area contributed by atoms with Crippen LogP contribution in [0.25, 0.3) is 10.2 Å². The lowest BCUT2D eigenvalue weighted by atomic mass is 9.87. The van der Waals surface area contributed by atoms with Crippen LogP contribution in [0.3, 0.4) is 0 Å². The van der Waals surface area contributed by atoms with E-state index in [1.54, 1.807) is 23.7 Å². The van der Waals surface area contributed by atoms with Crippen molar-refractivity contribution in [2.45, 2.75) is 38.5 Å². The number of hydrogen-bond donors (Lipinski definition) is 2. The molecule has 1 atom stereocenters. The van der Waals surface area contributed by atoms with Gasteiger partial charge in [-0.2, -0.15) is 13.2 Å². The minimum atomic E-state index is -4.41. The number of hydrogen-bond acceptors (Lipinski definition) is 6. The van der Waals surface area contributed by atoms with Gasteiger partial charge in [-0.05, 0) is 65.8 Å². The van der Waals surface area contributed by atoms with Crippen molar-refractivity contribution in [2.24, 2.45) is 10.9 Å². The summed E-state index contributed by atoms with van der Waals surface area (Å²) in [5.74, 6) is 0.348. The highest BCUT2D eigenvalue weighted by molar-refractivity contribution is 7.19. The number of aliphatic imine (C=N–C) groups is 1. The van der Waals surface area contributed by atoms with Crippen LogP contribution in [-0.4, -0.2) is 22.1 Å². The van der Waals surface area contributed by atoms with E-state index in [9.17, 15) is 18.0 Å². The molecule has 37 heavy (non-hydrogen) atoms. The lowest BCUT2D eigenvalue weighted by Crippen LogP contribution is -2.33. The van der Waals surface area contributed by atoms with Crippen LogP contribution in [0.15, 0.2) is 53.8 Å². The predicted octanol–water partition coefficient (Wildman–Crippen LogP) is 5.81. The number of nitrogens with one attached hydrogen (secondary N) is 2. The zero-order valence-corrected chi connectivity index (χ0v) is 20.4. The summed E-state index contributed by atoms with van der Waals surface area (Å²) in [5, 5.41) is 7.24. The van der Waals surface area contributed by atoms with Gasteiger partial charge >= 0.3 is 6.18 Å². The van der Waals surface area contributed by atoms with Crippen molar-refractivity contribution in [2.75, 3.05) is 5.32 Å². The topological polar surface area (TPSA) is 79.3 Å². The van der Waals surface area contributed by atoms with E-state index in [4.69, 9.17) is 0 Å². The van der Waals surface area contributed by atoms with E-state index in [1.807, 2.05) is 12.3 Å². The van der Waals surface area contributed by atoms with Gasteiger partial charge < -0.3 is 10.6 Å².